The van der Waals surface area contributed by atoms with Gasteiger partial charge >= 0.3 is 0 Å². The Labute approximate surface area is 159 Å². The summed E-state index contributed by atoms with van der Waals surface area (Å²) in [7, 11) is 2.15. The van der Waals surface area contributed by atoms with Gasteiger partial charge in [-0.05, 0) is 32.1 Å². The summed E-state index contributed by atoms with van der Waals surface area (Å²) in [6.07, 6.45) is 0.946. The van der Waals surface area contributed by atoms with E-state index in [1.165, 1.54) is 0 Å². The van der Waals surface area contributed by atoms with Gasteiger partial charge in [-0.15, -0.1) is 11.8 Å². The van der Waals surface area contributed by atoms with Gasteiger partial charge in [0.05, 0.1) is 5.88 Å². The third-order valence-electron chi connectivity index (χ3n) is 5.01. The summed E-state index contributed by atoms with van der Waals surface area (Å²) in [6.45, 7) is 6.11. The van der Waals surface area contributed by atoms with Crippen molar-refractivity contribution in [3.8, 4) is 0 Å². The maximum Gasteiger partial charge on any atom is 0.255 e. The lowest BCUT2D eigenvalue weighted by molar-refractivity contribution is -0.124. The van der Waals surface area contributed by atoms with Crippen LogP contribution >= 0.6 is 11.8 Å². The van der Waals surface area contributed by atoms with Crippen LogP contribution in [0.25, 0.3) is 0 Å². The average molecular weight is 377 g/mol. The van der Waals surface area contributed by atoms with Crippen LogP contribution in [-0.4, -0.2) is 90.5 Å². The Hall–Kier alpha value is -1.57. The molecule has 6 nitrogen and oxygen atoms in total. The monoisotopic (exact) mass is 376 g/mol. The lowest BCUT2D eigenvalue weighted by atomic mass is 10.1. The number of nitrogens with zero attached hydrogens (tertiary/aromatic N) is 3. The first-order chi connectivity index (χ1) is 12.6. The quantitative estimate of drug-likeness (QED) is 0.750. The largest absolute Gasteiger partial charge is 0.354 e. The van der Waals surface area contributed by atoms with Gasteiger partial charge in [-0.1, -0.05) is 18.2 Å². The van der Waals surface area contributed by atoms with Crippen LogP contribution in [0.3, 0.4) is 0 Å². The summed E-state index contributed by atoms with van der Waals surface area (Å²) < 4.78 is 0. The number of thioether (sulfide) groups is 1. The molecule has 0 aliphatic carbocycles. The number of carbonyl (C=O) groups is 2. The lowest BCUT2D eigenvalue weighted by Crippen LogP contribution is -2.48. The summed E-state index contributed by atoms with van der Waals surface area (Å²) >= 11 is 1.64. The summed E-state index contributed by atoms with van der Waals surface area (Å²) in [4.78, 5) is 31.7. The SMILES string of the molecule is CN1CCN(CCCNC(=O)C2CSCN2C(=O)c2ccccc2)CC1. The highest BCUT2D eigenvalue weighted by Crippen LogP contribution is 2.23. The molecule has 0 saturated carbocycles. The zero-order chi connectivity index (χ0) is 18.4. The minimum Gasteiger partial charge on any atom is -0.354 e. The molecular formula is C19H28N4O2S. The van der Waals surface area contributed by atoms with Gasteiger partial charge in [0.1, 0.15) is 6.04 Å². The Morgan fingerprint density at radius 1 is 1.15 bits per heavy atom. The number of nitrogens with one attached hydrogen (secondary N) is 1. The molecule has 2 heterocycles. The van der Waals surface area contributed by atoms with Gasteiger partial charge in [-0.25, -0.2) is 0 Å². The molecule has 7 heteroatoms. The molecule has 26 heavy (non-hydrogen) atoms. The van der Waals surface area contributed by atoms with E-state index in [4.69, 9.17) is 0 Å². The predicted molar refractivity (Wildman–Crippen MR) is 105 cm³/mol. The number of benzene rings is 1. The topological polar surface area (TPSA) is 55.9 Å². The van der Waals surface area contributed by atoms with Gasteiger partial charge in [-0.3, -0.25) is 9.59 Å². The number of likely N-dealkylation sites (N-methyl/N-ethyl adjacent to an activating group) is 1. The second-order valence-electron chi connectivity index (χ2n) is 6.95. The van der Waals surface area contributed by atoms with Crippen LogP contribution in [0.4, 0.5) is 0 Å². The Kier molecular flexibility index (Phi) is 6.93. The zero-order valence-corrected chi connectivity index (χ0v) is 16.2. The second kappa shape index (κ2) is 9.39. The van der Waals surface area contributed by atoms with Crippen LogP contribution in [-0.2, 0) is 4.79 Å². The normalized spacial score (nSPS) is 21.7. The Balaban J connectivity index is 1.43. The molecule has 2 aliphatic heterocycles. The van der Waals surface area contributed by atoms with E-state index in [1.807, 2.05) is 18.2 Å². The van der Waals surface area contributed by atoms with Gasteiger partial charge in [0.2, 0.25) is 5.91 Å². The highest BCUT2D eigenvalue weighted by atomic mass is 32.2. The summed E-state index contributed by atoms with van der Waals surface area (Å²) in [5.74, 6) is 1.15. The van der Waals surface area contributed by atoms with E-state index in [1.54, 1.807) is 28.8 Å². The first-order valence-electron chi connectivity index (χ1n) is 9.27. The fourth-order valence-corrected chi connectivity index (χ4v) is 4.46. The third-order valence-corrected chi connectivity index (χ3v) is 6.02. The van der Waals surface area contributed by atoms with Crippen molar-refractivity contribution in [2.75, 3.05) is 57.9 Å². The molecular weight excluding hydrogens is 348 g/mol. The van der Waals surface area contributed by atoms with Crippen molar-refractivity contribution in [3.05, 3.63) is 35.9 Å². The minimum atomic E-state index is -0.364. The van der Waals surface area contributed by atoms with Gasteiger partial charge in [0.25, 0.3) is 5.91 Å². The van der Waals surface area contributed by atoms with Crippen molar-refractivity contribution < 1.29 is 9.59 Å². The van der Waals surface area contributed by atoms with Crippen molar-refractivity contribution in [3.63, 3.8) is 0 Å². The number of hydrogen-bond acceptors (Lipinski definition) is 5. The molecule has 2 saturated heterocycles. The first kappa shape index (κ1) is 19.2. The van der Waals surface area contributed by atoms with E-state index in [9.17, 15) is 9.59 Å². The van der Waals surface area contributed by atoms with Crippen molar-refractivity contribution in [2.45, 2.75) is 12.5 Å². The van der Waals surface area contributed by atoms with Crippen LogP contribution in [0.15, 0.2) is 30.3 Å². The van der Waals surface area contributed by atoms with Crippen molar-refractivity contribution in [1.29, 1.82) is 0 Å². The average Bonchev–Trinajstić information content (AvgIpc) is 3.16. The highest BCUT2D eigenvalue weighted by molar-refractivity contribution is 7.99. The molecule has 1 aromatic carbocycles. The van der Waals surface area contributed by atoms with Crippen LogP contribution < -0.4 is 5.32 Å². The van der Waals surface area contributed by atoms with Crippen LogP contribution in [0.1, 0.15) is 16.8 Å². The molecule has 0 aromatic heterocycles. The fourth-order valence-electron chi connectivity index (χ4n) is 3.31. The number of amides is 2. The molecule has 0 spiro atoms. The van der Waals surface area contributed by atoms with Gasteiger partial charge < -0.3 is 20.0 Å². The number of rotatable bonds is 6. The molecule has 1 N–H and O–H groups in total. The molecule has 2 aliphatic rings. The zero-order valence-electron chi connectivity index (χ0n) is 15.4. The van der Waals surface area contributed by atoms with E-state index in [0.717, 1.165) is 39.1 Å². The predicted octanol–water partition coefficient (Wildman–Crippen LogP) is 0.955. The van der Waals surface area contributed by atoms with E-state index in [0.29, 0.717) is 23.7 Å². The second-order valence-corrected chi connectivity index (χ2v) is 7.95. The smallest absolute Gasteiger partial charge is 0.255 e. The van der Waals surface area contributed by atoms with E-state index in [2.05, 4.69) is 22.2 Å². The van der Waals surface area contributed by atoms with E-state index >= 15 is 0 Å². The van der Waals surface area contributed by atoms with Crippen molar-refractivity contribution >= 4 is 23.6 Å². The molecule has 2 fully saturated rings. The van der Waals surface area contributed by atoms with Crippen molar-refractivity contribution in [2.24, 2.45) is 0 Å². The molecule has 1 unspecified atom stereocenters. The first-order valence-corrected chi connectivity index (χ1v) is 10.4. The van der Waals surface area contributed by atoms with Gasteiger partial charge in [0, 0.05) is 44.0 Å². The molecule has 142 valence electrons. The number of carbonyl (C=O) groups excluding carboxylic acids is 2. The minimum absolute atomic E-state index is 0.0299. The van der Waals surface area contributed by atoms with E-state index in [-0.39, 0.29) is 17.9 Å². The molecule has 0 bridgehead atoms. The molecule has 0 radical (unpaired) electrons. The Bertz CT molecular complexity index is 605. The van der Waals surface area contributed by atoms with Crippen LogP contribution in [0, 0.1) is 0 Å². The maximum atomic E-state index is 12.6. The lowest BCUT2D eigenvalue weighted by Gasteiger charge is -2.32. The molecule has 1 aromatic rings. The van der Waals surface area contributed by atoms with E-state index < -0.39 is 0 Å². The van der Waals surface area contributed by atoms with Crippen molar-refractivity contribution in [1.82, 2.24) is 20.0 Å². The van der Waals surface area contributed by atoms with Gasteiger partial charge in [-0.2, -0.15) is 0 Å². The molecule has 3 rings (SSSR count). The van der Waals surface area contributed by atoms with Crippen LogP contribution in [0.5, 0.6) is 0 Å². The number of hydrogen-bond donors (Lipinski definition) is 1. The Morgan fingerprint density at radius 2 is 1.88 bits per heavy atom. The highest BCUT2D eigenvalue weighted by Gasteiger charge is 2.34. The van der Waals surface area contributed by atoms with Crippen LogP contribution in [0.2, 0.25) is 0 Å². The Morgan fingerprint density at radius 3 is 2.62 bits per heavy atom. The summed E-state index contributed by atoms with van der Waals surface area (Å²) in [6, 6.07) is 8.83. The maximum absolute atomic E-state index is 12.6. The van der Waals surface area contributed by atoms with Gasteiger partial charge in [0.15, 0.2) is 0 Å². The molecule has 2 amide bonds. The standard InChI is InChI=1S/C19H28N4O2S/c1-21-10-12-22(13-11-21)9-5-8-20-18(24)17-14-26-15-23(17)19(25)16-6-3-2-4-7-16/h2-4,6-7,17H,5,8-15H2,1H3,(H,20,24). The summed E-state index contributed by atoms with van der Waals surface area (Å²) in [5, 5.41) is 3.03. The summed E-state index contributed by atoms with van der Waals surface area (Å²) in [5.41, 5.74) is 0.642. The third kappa shape index (κ3) is 4.99. The number of piperazine rings is 1. The molecule has 1 atom stereocenters. The fraction of sp³-hybridized carbons (Fsp3) is 0.579.